The lowest BCUT2D eigenvalue weighted by atomic mass is 9.60. The van der Waals surface area contributed by atoms with Gasteiger partial charge in [-0.15, -0.1) is 0 Å². The van der Waals surface area contributed by atoms with Gasteiger partial charge in [0.15, 0.2) is 0 Å². The van der Waals surface area contributed by atoms with Crippen LogP contribution in [0.3, 0.4) is 0 Å². The molecule has 0 aromatic rings. The molecule has 166 valence electrons. The summed E-state index contributed by atoms with van der Waals surface area (Å²) in [6.45, 7) is 14.4. The minimum atomic E-state index is -0.599. The van der Waals surface area contributed by atoms with Gasteiger partial charge in [0.05, 0.1) is 0 Å². The Morgan fingerprint density at radius 2 is 1.76 bits per heavy atom. The smallest absolute Gasteiger partial charge is 0.146 e. The number of unbranched alkanes of at least 4 members (excludes halogenated alkanes) is 3. The third-order valence-corrected chi connectivity index (χ3v) is 8.19. The molecule has 29 heavy (non-hydrogen) atoms. The van der Waals surface area contributed by atoms with Gasteiger partial charge in [0.25, 0.3) is 0 Å². The Balaban J connectivity index is 3.25. The molecular weight excluding hydrogens is 360 g/mol. The molecule has 1 aliphatic carbocycles. The summed E-state index contributed by atoms with van der Waals surface area (Å²) in [6.07, 6.45) is 11.2. The van der Waals surface area contributed by atoms with Crippen LogP contribution in [0.2, 0.25) is 0 Å². The van der Waals surface area contributed by atoms with E-state index in [1.54, 1.807) is 13.0 Å². The van der Waals surface area contributed by atoms with E-state index in [0.717, 1.165) is 63.2 Å². The fourth-order valence-electron chi connectivity index (χ4n) is 5.87. The van der Waals surface area contributed by atoms with Crippen molar-refractivity contribution in [2.24, 2.45) is 28.6 Å². The third kappa shape index (κ3) is 5.47. The lowest BCUT2D eigenvalue weighted by Crippen LogP contribution is -2.43. The molecule has 0 heterocycles. The van der Waals surface area contributed by atoms with Crippen molar-refractivity contribution >= 4 is 17.9 Å². The Hall–Kier alpha value is -1.25. The van der Waals surface area contributed by atoms with Crippen molar-refractivity contribution in [2.75, 3.05) is 0 Å². The SMILES string of the molecule is CCCCCCC(C)(C(=O)C(CC)C1CCC(C(C)=O)C1(C)CC)/C(C)=C\C=O. The van der Waals surface area contributed by atoms with Crippen LogP contribution in [0.4, 0.5) is 0 Å². The first kappa shape index (κ1) is 25.8. The van der Waals surface area contributed by atoms with Crippen LogP contribution >= 0.6 is 0 Å². The molecule has 0 spiro atoms. The molecule has 0 aromatic carbocycles. The summed E-state index contributed by atoms with van der Waals surface area (Å²) in [6, 6.07) is 0. The van der Waals surface area contributed by atoms with Crippen LogP contribution in [0.15, 0.2) is 11.6 Å². The fourth-order valence-corrected chi connectivity index (χ4v) is 5.87. The highest BCUT2D eigenvalue weighted by molar-refractivity contribution is 5.91. The standard InChI is InChI=1S/C26H44O3/c1-8-11-12-13-17-26(7,19(4)16-18-27)24(29)21(9-2)23-15-14-22(20(5)28)25(23,6)10-3/h16,18,21-23H,8-15,17H2,1-7H3/b19-16-. The van der Waals surface area contributed by atoms with E-state index >= 15 is 0 Å². The minimum Gasteiger partial charge on any atom is -0.300 e. The molecule has 1 fully saturated rings. The van der Waals surface area contributed by atoms with Gasteiger partial charge >= 0.3 is 0 Å². The molecule has 3 nitrogen and oxygen atoms in total. The van der Waals surface area contributed by atoms with Gasteiger partial charge in [-0.25, -0.2) is 0 Å². The minimum absolute atomic E-state index is 0.0572. The Labute approximate surface area is 179 Å². The van der Waals surface area contributed by atoms with Crippen LogP contribution in [0, 0.1) is 28.6 Å². The van der Waals surface area contributed by atoms with Gasteiger partial charge in [0, 0.05) is 17.3 Å². The van der Waals surface area contributed by atoms with Crippen molar-refractivity contribution in [3.63, 3.8) is 0 Å². The number of ketones is 2. The maximum atomic E-state index is 14.0. The molecule has 1 rings (SSSR count). The van der Waals surface area contributed by atoms with Gasteiger partial charge in [-0.3, -0.25) is 14.4 Å². The van der Waals surface area contributed by atoms with Crippen molar-refractivity contribution in [3.05, 3.63) is 11.6 Å². The summed E-state index contributed by atoms with van der Waals surface area (Å²) in [7, 11) is 0. The second-order valence-corrected chi connectivity index (χ2v) is 9.71. The summed E-state index contributed by atoms with van der Waals surface area (Å²) in [5, 5.41) is 0. The van der Waals surface area contributed by atoms with Gasteiger partial charge in [0.1, 0.15) is 17.9 Å². The van der Waals surface area contributed by atoms with Gasteiger partial charge in [-0.2, -0.15) is 0 Å². The predicted molar refractivity (Wildman–Crippen MR) is 121 cm³/mol. The van der Waals surface area contributed by atoms with Gasteiger partial charge in [-0.1, -0.05) is 59.0 Å². The maximum absolute atomic E-state index is 14.0. The molecule has 0 N–H and O–H groups in total. The summed E-state index contributed by atoms with van der Waals surface area (Å²) in [4.78, 5) is 37.5. The Bertz CT molecular complexity index is 605. The van der Waals surface area contributed by atoms with E-state index in [-0.39, 0.29) is 34.7 Å². The summed E-state index contributed by atoms with van der Waals surface area (Å²) >= 11 is 0. The first-order chi connectivity index (χ1) is 13.6. The van der Waals surface area contributed by atoms with Crippen molar-refractivity contribution in [2.45, 2.75) is 106 Å². The monoisotopic (exact) mass is 404 g/mol. The number of rotatable bonds is 13. The second-order valence-electron chi connectivity index (χ2n) is 9.71. The molecule has 0 saturated heterocycles. The fraction of sp³-hybridized carbons (Fsp3) is 0.808. The molecule has 0 bridgehead atoms. The highest BCUT2D eigenvalue weighted by Gasteiger charge is 2.53. The van der Waals surface area contributed by atoms with Crippen LogP contribution in [0.25, 0.3) is 0 Å². The second kappa shape index (κ2) is 11.2. The van der Waals surface area contributed by atoms with E-state index in [1.807, 2.05) is 13.8 Å². The zero-order chi connectivity index (χ0) is 22.2. The summed E-state index contributed by atoms with van der Waals surface area (Å²) in [5.74, 6) is 0.773. The Kier molecular flexibility index (Phi) is 9.98. The molecular formula is C26H44O3. The summed E-state index contributed by atoms with van der Waals surface area (Å²) < 4.78 is 0. The van der Waals surface area contributed by atoms with Gasteiger partial charge in [-0.05, 0) is 70.3 Å². The maximum Gasteiger partial charge on any atom is 0.146 e. The molecule has 0 aliphatic heterocycles. The molecule has 5 atom stereocenters. The zero-order valence-electron chi connectivity index (χ0n) is 20.0. The largest absolute Gasteiger partial charge is 0.300 e. The number of carbonyl (C=O) groups excluding carboxylic acids is 3. The highest BCUT2D eigenvalue weighted by atomic mass is 16.1. The van der Waals surface area contributed by atoms with Crippen LogP contribution in [-0.2, 0) is 14.4 Å². The quantitative estimate of drug-likeness (QED) is 0.194. The number of aldehydes is 1. The Morgan fingerprint density at radius 1 is 1.10 bits per heavy atom. The van der Waals surface area contributed by atoms with Crippen molar-refractivity contribution in [1.29, 1.82) is 0 Å². The van der Waals surface area contributed by atoms with E-state index in [2.05, 4.69) is 27.7 Å². The molecule has 1 saturated carbocycles. The molecule has 0 radical (unpaired) electrons. The topological polar surface area (TPSA) is 51.2 Å². The van der Waals surface area contributed by atoms with Gasteiger partial charge < -0.3 is 0 Å². The van der Waals surface area contributed by atoms with E-state index in [4.69, 9.17) is 0 Å². The van der Waals surface area contributed by atoms with E-state index < -0.39 is 5.41 Å². The van der Waals surface area contributed by atoms with Crippen molar-refractivity contribution < 1.29 is 14.4 Å². The zero-order valence-corrected chi connectivity index (χ0v) is 20.0. The molecule has 5 unspecified atom stereocenters. The van der Waals surface area contributed by atoms with Crippen LogP contribution in [0.1, 0.15) is 106 Å². The number of hydrogen-bond acceptors (Lipinski definition) is 3. The van der Waals surface area contributed by atoms with E-state index in [9.17, 15) is 14.4 Å². The lowest BCUT2D eigenvalue weighted by molar-refractivity contribution is -0.136. The van der Waals surface area contributed by atoms with Crippen LogP contribution in [0.5, 0.6) is 0 Å². The average molecular weight is 405 g/mol. The van der Waals surface area contributed by atoms with Gasteiger partial charge in [0.2, 0.25) is 0 Å². The van der Waals surface area contributed by atoms with Crippen molar-refractivity contribution in [1.82, 2.24) is 0 Å². The first-order valence-electron chi connectivity index (χ1n) is 11.8. The van der Waals surface area contributed by atoms with Crippen LogP contribution in [-0.4, -0.2) is 17.9 Å². The summed E-state index contributed by atoms with van der Waals surface area (Å²) in [5.41, 5.74) is 0.165. The Morgan fingerprint density at radius 3 is 2.24 bits per heavy atom. The lowest BCUT2D eigenvalue weighted by Gasteiger charge is -2.42. The number of allylic oxidation sites excluding steroid dienone is 2. The van der Waals surface area contributed by atoms with Crippen molar-refractivity contribution in [3.8, 4) is 0 Å². The number of hydrogen-bond donors (Lipinski definition) is 0. The van der Waals surface area contributed by atoms with Crippen LogP contribution < -0.4 is 0 Å². The number of Topliss-reactive ketones (excluding diaryl/α,β-unsaturated/α-hetero) is 2. The molecule has 1 aliphatic rings. The molecule has 0 amide bonds. The molecule has 0 aromatic heterocycles. The number of carbonyl (C=O) groups is 3. The van der Waals surface area contributed by atoms with E-state index in [0.29, 0.717) is 0 Å². The normalized spacial score (nSPS) is 28.0. The average Bonchev–Trinajstić information content (AvgIpc) is 3.03. The molecule has 3 heteroatoms. The first-order valence-corrected chi connectivity index (χ1v) is 11.8. The third-order valence-electron chi connectivity index (χ3n) is 8.19. The van der Waals surface area contributed by atoms with E-state index in [1.165, 1.54) is 6.42 Å². The highest BCUT2D eigenvalue weighted by Crippen LogP contribution is 2.55. The predicted octanol–water partition coefficient (Wildman–Crippen LogP) is 6.74.